The number of halogens is 1. The van der Waals surface area contributed by atoms with Gasteiger partial charge >= 0.3 is 0 Å². The molecule has 0 spiro atoms. The number of nitrogens with one attached hydrogen (secondary N) is 2. The second kappa shape index (κ2) is 10.0. The fraction of sp³-hybridized carbons (Fsp3) is 0.276. The fourth-order valence-electron chi connectivity index (χ4n) is 4.91. The molecule has 0 unspecified atom stereocenters. The maximum atomic E-state index is 13.5. The number of hydrogen-bond acceptors (Lipinski definition) is 3. The molecule has 2 aromatic heterocycles. The summed E-state index contributed by atoms with van der Waals surface area (Å²) in [6.45, 7) is 7.40. The van der Waals surface area contributed by atoms with Crippen molar-refractivity contribution < 1.29 is 14.0 Å². The molecule has 0 aliphatic carbocycles. The van der Waals surface area contributed by atoms with Gasteiger partial charge in [-0.15, -0.1) is 0 Å². The highest BCUT2D eigenvalue weighted by Gasteiger charge is 2.34. The first-order valence-electron chi connectivity index (χ1n) is 12.5. The van der Waals surface area contributed by atoms with E-state index in [1.165, 1.54) is 12.1 Å². The molecule has 1 aliphatic heterocycles. The van der Waals surface area contributed by atoms with E-state index < -0.39 is 0 Å². The van der Waals surface area contributed by atoms with Crippen LogP contribution in [0.1, 0.15) is 76.0 Å². The van der Waals surface area contributed by atoms with E-state index in [9.17, 15) is 14.0 Å². The number of carbonyl (C=O) groups is 2. The average molecular weight is 500 g/mol. The van der Waals surface area contributed by atoms with Crippen LogP contribution in [0, 0.1) is 5.82 Å². The third kappa shape index (κ3) is 5.05. The maximum absolute atomic E-state index is 13.5. The summed E-state index contributed by atoms with van der Waals surface area (Å²) in [4.78, 5) is 31.4. The van der Waals surface area contributed by atoms with Crippen LogP contribution in [0.15, 0.2) is 66.9 Å². The zero-order chi connectivity index (χ0) is 26.1. The smallest absolute Gasteiger partial charge is 0.276 e. The van der Waals surface area contributed by atoms with Gasteiger partial charge in [0, 0.05) is 35.6 Å². The molecule has 0 fully saturated rings. The topological polar surface area (TPSA) is 83.0 Å². The molecule has 37 heavy (non-hydrogen) atoms. The minimum Gasteiger partial charge on any atom is -0.357 e. The van der Waals surface area contributed by atoms with Gasteiger partial charge in [0.25, 0.3) is 11.8 Å². The van der Waals surface area contributed by atoms with Gasteiger partial charge in [-0.25, -0.2) is 4.39 Å². The molecule has 1 atom stereocenters. The Morgan fingerprint density at radius 2 is 1.92 bits per heavy atom. The standard InChI is InChI=1S/C29H30FN5O2/c1-18(2)21-6-4-7-23(14-21)32-28(36)26-24-17-34(29(37)25-8-5-13-31-25)15-19(3)27(24)35(33-26)16-20-9-11-22(30)12-10-20/h4-14,18-19,31H,15-17H2,1-3H3,(H,32,36)/t19-/m1/s1. The largest absolute Gasteiger partial charge is 0.357 e. The third-order valence-electron chi connectivity index (χ3n) is 6.79. The Morgan fingerprint density at radius 3 is 2.62 bits per heavy atom. The van der Waals surface area contributed by atoms with Gasteiger partial charge in [0.2, 0.25) is 0 Å². The second-order valence-corrected chi connectivity index (χ2v) is 9.90. The number of rotatable bonds is 6. The van der Waals surface area contributed by atoms with Crippen molar-refractivity contribution in [3.63, 3.8) is 0 Å². The SMILES string of the molecule is CC(C)c1cccc(NC(=O)c2nn(Cc3ccc(F)cc3)c3c2CN(C(=O)c2ccc[nH]2)C[C@H]3C)c1. The Balaban J connectivity index is 1.51. The number of fused-ring (bicyclic) bond motifs is 1. The lowest BCUT2D eigenvalue weighted by atomic mass is 9.95. The molecule has 5 rings (SSSR count). The lowest BCUT2D eigenvalue weighted by Crippen LogP contribution is -2.38. The minimum absolute atomic E-state index is 0.0542. The highest BCUT2D eigenvalue weighted by Crippen LogP contribution is 2.32. The highest BCUT2D eigenvalue weighted by atomic mass is 19.1. The van der Waals surface area contributed by atoms with Gasteiger partial charge in [-0.2, -0.15) is 5.10 Å². The summed E-state index contributed by atoms with van der Waals surface area (Å²) < 4.78 is 15.3. The highest BCUT2D eigenvalue weighted by molar-refractivity contribution is 6.04. The van der Waals surface area contributed by atoms with Crippen LogP contribution < -0.4 is 5.32 Å². The van der Waals surface area contributed by atoms with E-state index in [0.717, 1.165) is 22.4 Å². The van der Waals surface area contributed by atoms with Crippen LogP contribution in [0.2, 0.25) is 0 Å². The number of H-pyrrole nitrogens is 1. The summed E-state index contributed by atoms with van der Waals surface area (Å²) in [5, 5.41) is 7.74. The first kappa shape index (κ1) is 24.5. The number of anilines is 1. The quantitative estimate of drug-likeness (QED) is 0.366. The van der Waals surface area contributed by atoms with E-state index >= 15 is 0 Å². The van der Waals surface area contributed by atoms with E-state index in [2.05, 4.69) is 24.1 Å². The van der Waals surface area contributed by atoms with Crippen molar-refractivity contribution in [3.05, 3.63) is 106 Å². The van der Waals surface area contributed by atoms with Crippen LogP contribution in [0.4, 0.5) is 10.1 Å². The van der Waals surface area contributed by atoms with Gasteiger partial charge in [-0.1, -0.05) is 45.0 Å². The molecular formula is C29H30FN5O2. The van der Waals surface area contributed by atoms with Crippen LogP contribution in [0.5, 0.6) is 0 Å². The normalized spacial score (nSPS) is 15.1. The fourth-order valence-corrected chi connectivity index (χ4v) is 4.91. The average Bonchev–Trinajstić information content (AvgIpc) is 3.54. The summed E-state index contributed by atoms with van der Waals surface area (Å²) in [7, 11) is 0. The summed E-state index contributed by atoms with van der Waals surface area (Å²) in [5.41, 5.74) is 5.15. The van der Waals surface area contributed by atoms with E-state index in [1.54, 1.807) is 35.4 Å². The zero-order valence-electron chi connectivity index (χ0n) is 21.2. The lowest BCUT2D eigenvalue weighted by Gasteiger charge is -2.32. The second-order valence-electron chi connectivity index (χ2n) is 9.90. The van der Waals surface area contributed by atoms with Crippen LogP contribution in [-0.2, 0) is 13.1 Å². The molecule has 0 saturated heterocycles. The van der Waals surface area contributed by atoms with Gasteiger partial charge < -0.3 is 15.2 Å². The first-order valence-corrected chi connectivity index (χ1v) is 12.5. The number of hydrogen-bond donors (Lipinski definition) is 2. The van der Waals surface area contributed by atoms with Crippen molar-refractivity contribution in [2.24, 2.45) is 0 Å². The first-order chi connectivity index (χ1) is 17.8. The van der Waals surface area contributed by atoms with Crippen LogP contribution in [-0.4, -0.2) is 38.0 Å². The van der Waals surface area contributed by atoms with E-state index in [1.807, 2.05) is 35.9 Å². The Bertz CT molecular complexity index is 1420. The maximum Gasteiger partial charge on any atom is 0.276 e. The minimum atomic E-state index is -0.323. The lowest BCUT2D eigenvalue weighted by molar-refractivity contribution is 0.0711. The van der Waals surface area contributed by atoms with Crippen molar-refractivity contribution >= 4 is 17.5 Å². The number of amides is 2. The number of aromatic amines is 1. The Labute approximate surface area is 215 Å². The van der Waals surface area contributed by atoms with Crippen LogP contribution in [0.25, 0.3) is 0 Å². The zero-order valence-corrected chi connectivity index (χ0v) is 21.2. The number of carbonyl (C=O) groups excluding carboxylic acids is 2. The molecule has 190 valence electrons. The molecule has 7 nitrogen and oxygen atoms in total. The van der Waals surface area contributed by atoms with E-state index in [4.69, 9.17) is 5.10 Å². The van der Waals surface area contributed by atoms with E-state index in [0.29, 0.717) is 36.1 Å². The molecule has 3 heterocycles. The molecule has 4 aromatic rings. The molecule has 0 bridgehead atoms. The van der Waals surface area contributed by atoms with Crippen LogP contribution >= 0.6 is 0 Å². The van der Waals surface area contributed by atoms with Gasteiger partial charge in [0.15, 0.2) is 5.69 Å². The van der Waals surface area contributed by atoms with Crippen molar-refractivity contribution in [3.8, 4) is 0 Å². The van der Waals surface area contributed by atoms with Crippen molar-refractivity contribution in [1.82, 2.24) is 19.7 Å². The Kier molecular flexibility index (Phi) is 6.65. The molecule has 1 aliphatic rings. The predicted octanol–water partition coefficient (Wildman–Crippen LogP) is 5.53. The third-order valence-corrected chi connectivity index (χ3v) is 6.79. The number of aromatic nitrogens is 3. The summed E-state index contributed by atoms with van der Waals surface area (Å²) in [6.07, 6.45) is 1.72. The monoisotopic (exact) mass is 499 g/mol. The Morgan fingerprint density at radius 1 is 1.14 bits per heavy atom. The molecule has 2 N–H and O–H groups in total. The molecule has 2 aromatic carbocycles. The van der Waals surface area contributed by atoms with Gasteiger partial charge in [0.05, 0.1) is 13.1 Å². The van der Waals surface area contributed by atoms with Gasteiger partial charge in [0.1, 0.15) is 11.5 Å². The Hall–Kier alpha value is -4.20. The molecule has 8 heteroatoms. The molecule has 2 amide bonds. The van der Waals surface area contributed by atoms with Gasteiger partial charge in [-0.3, -0.25) is 14.3 Å². The van der Waals surface area contributed by atoms with E-state index in [-0.39, 0.29) is 30.1 Å². The van der Waals surface area contributed by atoms with Crippen LogP contribution in [0.3, 0.4) is 0 Å². The number of benzene rings is 2. The summed E-state index contributed by atoms with van der Waals surface area (Å²) in [5.74, 6) is -0.475. The van der Waals surface area contributed by atoms with Gasteiger partial charge in [-0.05, 0) is 53.4 Å². The van der Waals surface area contributed by atoms with Crippen molar-refractivity contribution in [2.45, 2.75) is 45.7 Å². The van der Waals surface area contributed by atoms with Crippen molar-refractivity contribution in [1.29, 1.82) is 0 Å². The molecular weight excluding hydrogens is 469 g/mol. The molecule has 0 radical (unpaired) electrons. The summed E-state index contributed by atoms with van der Waals surface area (Å²) >= 11 is 0. The number of nitrogens with zero attached hydrogens (tertiary/aromatic N) is 3. The predicted molar refractivity (Wildman–Crippen MR) is 140 cm³/mol. The van der Waals surface area contributed by atoms with Crippen molar-refractivity contribution in [2.75, 3.05) is 11.9 Å². The molecule has 0 saturated carbocycles. The summed E-state index contributed by atoms with van der Waals surface area (Å²) in [6, 6.07) is 17.6.